The van der Waals surface area contributed by atoms with Gasteiger partial charge in [-0.1, -0.05) is 6.07 Å². The number of anilines is 1. The van der Waals surface area contributed by atoms with Crippen molar-refractivity contribution in [3.63, 3.8) is 0 Å². The molecule has 4 heterocycles. The van der Waals surface area contributed by atoms with Gasteiger partial charge in [0.25, 0.3) is 0 Å². The topological polar surface area (TPSA) is 69.8 Å². The molecule has 4 rings (SSSR count). The molecule has 1 atom stereocenters. The van der Waals surface area contributed by atoms with Crippen LogP contribution in [0.4, 0.5) is 5.82 Å². The Hall–Kier alpha value is -0.930. The van der Waals surface area contributed by atoms with E-state index in [2.05, 4.69) is 25.1 Å². The number of halogens is 1. The zero-order chi connectivity index (χ0) is 13.1. The molecule has 3 saturated heterocycles. The molecule has 3 N–H and O–H groups in total. The predicted octanol–water partition coefficient (Wildman–Crippen LogP) is 0.426. The van der Waals surface area contributed by atoms with Crippen molar-refractivity contribution in [2.24, 2.45) is 10.7 Å². The van der Waals surface area contributed by atoms with E-state index in [9.17, 15) is 0 Å². The molecule has 0 amide bonds. The molecule has 6 nitrogen and oxygen atoms in total. The van der Waals surface area contributed by atoms with E-state index in [0.29, 0.717) is 12.0 Å². The number of pyridine rings is 1. The van der Waals surface area contributed by atoms with Gasteiger partial charge in [0.05, 0.1) is 6.54 Å². The average molecular weight is 388 g/mol. The van der Waals surface area contributed by atoms with Crippen LogP contribution in [0.25, 0.3) is 0 Å². The Bertz CT molecular complexity index is 443. The maximum absolute atomic E-state index is 5.89. The maximum Gasteiger partial charge on any atom is 0.194 e. The van der Waals surface area contributed by atoms with E-state index >= 15 is 0 Å². The first kappa shape index (κ1) is 15.5. The molecule has 3 aliphatic heterocycles. The second-order valence-electron chi connectivity index (χ2n) is 5.06. The highest BCUT2D eigenvalue weighted by molar-refractivity contribution is 14.0. The van der Waals surface area contributed by atoms with Crippen LogP contribution in [0.2, 0.25) is 0 Å². The first-order valence-electron chi connectivity index (χ1n) is 6.75. The van der Waals surface area contributed by atoms with Crippen LogP contribution < -0.4 is 11.1 Å². The summed E-state index contributed by atoms with van der Waals surface area (Å²) in [5.74, 6) is 1.18. The summed E-state index contributed by atoms with van der Waals surface area (Å²) in [5.41, 5.74) is 5.89. The van der Waals surface area contributed by atoms with Crippen LogP contribution in [0.1, 0.15) is 0 Å². The summed E-state index contributed by atoms with van der Waals surface area (Å²) < 4.78 is 0. The van der Waals surface area contributed by atoms with Gasteiger partial charge in [-0.05, 0) is 12.1 Å². The molecule has 110 valence electrons. The largest absolute Gasteiger partial charge is 0.370 e. The minimum Gasteiger partial charge on any atom is -0.370 e. The fraction of sp³-hybridized carbons (Fsp3) is 0.538. The molecule has 1 unspecified atom stereocenters. The molecule has 3 fully saturated rings. The third kappa shape index (κ3) is 3.80. The van der Waals surface area contributed by atoms with Crippen LogP contribution in [-0.4, -0.2) is 66.1 Å². The van der Waals surface area contributed by atoms with Crippen LogP contribution in [0.5, 0.6) is 0 Å². The number of nitrogens with one attached hydrogen (secondary N) is 1. The summed E-state index contributed by atoms with van der Waals surface area (Å²) in [7, 11) is 0. The zero-order valence-corrected chi connectivity index (χ0v) is 13.7. The molecule has 20 heavy (non-hydrogen) atoms. The molecule has 0 aliphatic carbocycles. The van der Waals surface area contributed by atoms with Gasteiger partial charge in [0.1, 0.15) is 5.82 Å². The highest BCUT2D eigenvalue weighted by Gasteiger charge is 2.31. The first-order chi connectivity index (χ1) is 9.31. The summed E-state index contributed by atoms with van der Waals surface area (Å²) in [6, 6.07) is 6.17. The predicted molar refractivity (Wildman–Crippen MR) is 91.6 cm³/mol. The van der Waals surface area contributed by atoms with Crippen LogP contribution in [0.3, 0.4) is 0 Å². The molecule has 0 saturated carbocycles. The zero-order valence-electron chi connectivity index (χ0n) is 11.4. The Kier molecular flexibility index (Phi) is 5.55. The SMILES string of the molecule is I.NC(=NCC1CN2CCN1CC2)Nc1ccccn1. The van der Waals surface area contributed by atoms with Crippen LogP contribution >= 0.6 is 24.0 Å². The second-order valence-corrected chi connectivity index (χ2v) is 5.06. The molecular weight excluding hydrogens is 367 g/mol. The van der Waals surface area contributed by atoms with E-state index < -0.39 is 0 Å². The van der Waals surface area contributed by atoms with E-state index in [1.807, 2.05) is 18.2 Å². The van der Waals surface area contributed by atoms with Gasteiger partial charge in [0.15, 0.2) is 5.96 Å². The number of hydrogen-bond acceptors (Lipinski definition) is 4. The van der Waals surface area contributed by atoms with Crippen LogP contribution in [0, 0.1) is 0 Å². The number of nitrogens with zero attached hydrogens (tertiary/aromatic N) is 4. The highest BCUT2D eigenvalue weighted by atomic mass is 127. The van der Waals surface area contributed by atoms with E-state index in [4.69, 9.17) is 5.73 Å². The minimum absolute atomic E-state index is 0. The van der Waals surface area contributed by atoms with E-state index in [1.165, 1.54) is 13.1 Å². The van der Waals surface area contributed by atoms with Gasteiger partial charge >= 0.3 is 0 Å². The van der Waals surface area contributed by atoms with Crippen molar-refractivity contribution >= 4 is 35.8 Å². The molecule has 0 radical (unpaired) electrons. The summed E-state index contributed by atoms with van der Waals surface area (Å²) in [4.78, 5) is 13.6. The van der Waals surface area contributed by atoms with Gasteiger partial charge in [-0.2, -0.15) is 0 Å². The third-order valence-corrected chi connectivity index (χ3v) is 3.79. The lowest BCUT2D eigenvalue weighted by Gasteiger charge is -2.47. The number of aliphatic imine (C=N–C) groups is 1. The van der Waals surface area contributed by atoms with Gasteiger partial charge in [0, 0.05) is 45.0 Å². The standard InChI is InChI=1S/C13H20N6.HI/c14-13(17-12-3-1-2-4-15-12)16-9-11-10-18-5-7-19(11)8-6-18;/h1-4,11H,5-10H2,(H3,14,15,16,17);1H. The van der Waals surface area contributed by atoms with Crippen molar-refractivity contribution in [3.05, 3.63) is 24.4 Å². The monoisotopic (exact) mass is 388 g/mol. The van der Waals surface area contributed by atoms with Crippen molar-refractivity contribution in [2.75, 3.05) is 44.6 Å². The lowest BCUT2D eigenvalue weighted by molar-refractivity contribution is 0.0174. The fourth-order valence-corrected chi connectivity index (χ4v) is 2.71. The van der Waals surface area contributed by atoms with Crippen molar-refractivity contribution < 1.29 is 0 Å². The molecular formula is C13H21IN6. The van der Waals surface area contributed by atoms with Gasteiger partial charge < -0.3 is 11.1 Å². The Morgan fingerprint density at radius 3 is 2.75 bits per heavy atom. The molecule has 2 bridgehead atoms. The number of hydrogen-bond donors (Lipinski definition) is 2. The quantitative estimate of drug-likeness (QED) is 0.447. The molecule has 3 aliphatic rings. The number of rotatable bonds is 3. The molecule has 1 aromatic heterocycles. The Balaban J connectivity index is 0.00000147. The van der Waals surface area contributed by atoms with E-state index in [0.717, 1.165) is 32.0 Å². The van der Waals surface area contributed by atoms with Gasteiger partial charge in [0.2, 0.25) is 0 Å². The number of guanidine groups is 1. The third-order valence-electron chi connectivity index (χ3n) is 3.79. The minimum atomic E-state index is 0. The maximum atomic E-state index is 5.89. The highest BCUT2D eigenvalue weighted by Crippen LogP contribution is 2.15. The van der Waals surface area contributed by atoms with Crippen molar-refractivity contribution in [1.82, 2.24) is 14.8 Å². The van der Waals surface area contributed by atoms with Crippen molar-refractivity contribution in [3.8, 4) is 0 Å². The first-order valence-corrected chi connectivity index (χ1v) is 6.75. The Labute approximate surface area is 136 Å². The van der Waals surface area contributed by atoms with E-state index in [-0.39, 0.29) is 24.0 Å². The Morgan fingerprint density at radius 1 is 1.35 bits per heavy atom. The van der Waals surface area contributed by atoms with Crippen LogP contribution in [0.15, 0.2) is 29.4 Å². The lowest BCUT2D eigenvalue weighted by atomic mass is 10.1. The molecule has 7 heteroatoms. The number of fused-ring (bicyclic) bond motifs is 3. The number of aromatic nitrogens is 1. The number of piperazine rings is 3. The summed E-state index contributed by atoms with van der Waals surface area (Å²) in [5, 5.41) is 3.01. The van der Waals surface area contributed by atoms with Gasteiger partial charge in [-0.3, -0.25) is 14.8 Å². The van der Waals surface area contributed by atoms with Crippen molar-refractivity contribution in [1.29, 1.82) is 0 Å². The molecule has 0 aromatic carbocycles. The van der Waals surface area contributed by atoms with Gasteiger partial charge in [-0.15, -0.1) is 24.0 Å². The summed E-state index contributed by atoms with van der Waals surface area (Å²) in [6.45, 7) is 6.58. The second kappa shape index (κ2) is 7.19. The van der Waals surface area contributed by atoms with E-state index in [1.54, 1.807) is 6.20 Å². The normalized spacial score (nSPS) is 28.8. The van der Waals surface area contributed by atoms with Crippen LogP contribution in [-0.2, 0) is 0 Å². The number of nitrogens with two attached hydrogens (primary N) is 1. The molecule has 1 aromatic rings. The fourth-order valence-electron chi connectivity index (χ4n) is 2.71. The summed E-state index contributed by atoms with van der Waals surface area (Å²) >= 11 is 0. The average Bonchev–Trinajstić information content (AvgIpc) is 2.47. The molecule has 0 spiro atoms. The van der Waals surface area contributed by atoms with Gasteiger partial charge in [-0.25, -0.2) is 4.98 Å². The lowest BCUT2D eigenvalue weighted by Crippen LogP contribution is -2.61. The van der Waals surface area contributed by atoms with Crippen molar-refractivity contribution in [2.45, 2.75) is 6.04 Å². The smallest absolute Gasteiger partial charge is 0.194 e. The Morgan fingerprint density at radius 2 is 2.15 bits per heavy atom. The summed E-state index contributed by atoms with van der Waals surface area (Å²) in [6.07, 6.45) is 1.73.